The van der Waals surface area contributed by atoms with Crippen molar-refractivity contribution in [2.24, 2.45) is 5.92 Å². The third-order valence-electron chi connectivity index (χ3n) is 5.81. The number of carbonyl (C=O) groups is 1. The van der Waals surface area contributed by atoms with Crippen LogP contribution in [-0.4, -0.2) is 47.3 Å². The number of anilines is 2. The Kier molecular flexibility index (Phi) is 9.10. The Morgan fingerprint density at radius 2 is 2.03 bits per heavy atom. The molecule has 8 nitrogen and oxygen atoms in total. The number of carbonyl (C=O) groups excluding carboxylic acids is 1. The van der Waals surface area contributed by atoms with Gasteiger partial charge in [-0.2, -0.15) is 4.98 Å². The van der Waals surface area contributed by atoms with Gasteiger partial charge in [0.2, 0.25) is 5.95 Å². The molecule has 0 atom stereocenters. The van der Waals surface area contributed by atoms with Crippen molar-refractivity contribution in [2.45, 2.75) is 58.1 Å². The van der Waals surface area contributed by atoms with Gasteiger partial charge in [-0.15, -0.1) is 0 Å². The van der Waals surface area contributed by atoms with E-state index in [-0.39, 0.29) is 12.0 Å². The number of aromatic nitrogens is 2. The fourth-order valence-corrected chi connectivity index (χ4v) is 3.79. The number of nitrogens with zero attached hydrogens (tertiary/aromatic N) is 2. The zero-order valence-electron chi connectivity index (χ0n) is 19.1. The fraction of sp³-hybridized carbons (Fsp3) is 0.542. The lowest BCUT2D eigenvalue weighted by atomic mass is 9.87. The number of nitrogens with one attached hydrogen (secondary N) is 3. The summed E-state index contributed by atoms with van der Waals surface area (Å²) in [6.45, 7) is 4.02. The van der Waals surface area contributed by atoms with Gasteiger partial charge in [0.05, 0.1) is 13.2 Å². The summed E-state index contributed by atoms with van der Waals surface area (Å²) < 4.78 is 5.25. The summed E-state index contributed by atoms with van der Waals surface area (Å²) in [7, 11) is 1.62. The highest BCUT2D eigenvalue weighted by Crippen LogP contribution is 2.25. The first-order valence-electron chi connectivity index (χ1n) is 11.5. The molecule has 0 unspecified atom stereocenters. The van der Waals surface area contributed by atoms with Crippen LogP contribution in [0.1, 0.15) is 61.4 Å². The van der Waals surface area contributed by atoms with E-state index in [0.717, 1.165) is 56.4 Å². The van der Waals surface area contributed by atoms with E-state index >= 15 is 0 Å². The molecule has 0 aliphatic heterocycles. The molecule has 2 aromatic rings. The van der Waals surface area contributed by atoms with E-state index in [0.29, 0.717) is 36.3 Å². The van der Waals surface area contributed by atoms with E-state index in [1.807, 2.05) is 24.3 Å². The van der Waals surface area contributed by atoms with Crippen molar-refractivity contribution in [3.63, 3.8) is 0 Å². The molecule has 8 heteroatoms. The number of aliphatic hydroxyl groups excluding tert-OH is 1. The van der Waals surface area contributed by atoms with Crippen LogP contribution in [0, 0.1) is 5.92 Å². The summed E-state index contributed by atoms with van der Waals surface area (Å²) in [4.78, 5) is 21.9. The van der Waals surface area contributed by atoms with Crippen molar-refractivity contribution in [2.75, 3.05) is 30.8 Å². The van der Waals surface area contributed by atoms with Crippen LogP contribution in [0.2, 0.25) is 0 Å². The molecule has 1 fully saturated rings. The predicted molar refractivity (Wildman–Crippen MR) is 126 cm³/mol. The van der Waals surface area contributed by atoms with Crippen molar-refractivity contribution in [3.05, 3.63) is 41.6 Å². The standard InChI is InChI=1S/C24H35N5O3/c1-3-4-12-25-24-28-16-21(22(29-24)26-14-17-8-10-19(30)11-9-17)23(31)27-15-18-6-5-7-20(13-18)32-2/h5-7,13,16-17,19,30H,3-4,8-12,14-15H2,1-2H3,(H,27,31)(H2,25,26,28,29). The summed E-state index contributed by atoms with van der Waals surface area (Å²) in [5.41, 5.74) is 1.37. The number of ether oxygens (including phenoxy) is 1. The van der Waals surface area contributed by atoms with Crippen LogP contribution in [0.5, 0.6) is 5.75 Å². The predicted octanol–water partition coefficient (Wildman–Crippen LogP) is 3.59. The zero-order valence-corrected chi connectivity index (χ0v) is 19.1. The van der Waals surface area contributed by atoms with Crippen molar-refractivity contribution >= 4 is 17.7 Å². The lowest BCUT2D eigenvalue weighted by molar-refractivity contribution is 0.0951. The first-order valence-corrected chi connectivity index (χ1v) is 11.5. The van der Waals surface area contributed by atoms with Gasteiger partial charge in [-0.1, -0.05) is 25.5 Å². The second-order valence-electron chi connectivity index (χ2n) is 8.33. The van der Waals surface area contributed by atoms with Gasteiger partial charge in [0, 0.05) is 25.8 Å². The molecule has 3 rings (SSSR count). The molecule has 1 heterocycles. The first-order chi connectivity index (χ1) is 15.6. The monoisotopic (exact) mass is 441 g/mol. The van der Waals surface area contributed by atoms with Gasteiger partial charge < -0.3 is 25.8 Å². The molecule has 174 valence electrons. The van der Waals surface area contributed by atoms with Gasteiger partial charge in [0.1, 0.15) is 17.1 Å². The smallest absolute Gasteiger partial charge is 0.256 e. The summed E-state index contributed by atoms with van der Waals surface area (Å²) in [6.07, 6.45) is 7.10. The van der Waals surface area contributed by atoms with Gasteiger partial charge in [-0.05, 0) is 55.7 Å². The maximum atomic E-state index is 12.9. The summed E-state index contributed by atoms with van der Waals surface area (Å²) in [5, 5.41) is 19.3. The lowest BCUT2D eigenvalue weighted by Gasteiger charge is -2.26. The molecule has 32 heavy (non-hydrogen) atoms. The average molecular weight is 442 g/mol. The molecule has 1 amide bonds. The normalized spacial score (nSPS) is 18.1. The second-order valence-corrected chi connectivity index (χ2v) is 8.33. The number of aliphatic hydroxyl groups is 1. The fourth-order valence-electron chi connectivity index (χ4n) is 3.79. The minimum Gasteiger partial charge on any atom is -0.497 e. The Morgan fingerprint density at radius 1 is 1.22 bits per heavy atom. The molecule has 1 aliphatic carbocycles. The Bertz CT molecular complexity index is 868. The van der Waals surface area contributed by atoms with Crippen LogP contribution in [0.3, 0.4) is 0 Å². The van der Waals surface area contributed by atoms with Crippen LogP contribution in [0.15, 0.2) is 30.5 Å². The number of methoxy groups -OCH3 is 1. The average Bonchev–Trinajstić information content (AvgIpc) is 2.82. The third kappa shape index (κ3) is 7.09. The molecule has 4 N–H and O–H groups in total. The topological polar surface area (TPSA) is 108 Å². The van der Waals surface area contributed by atoms with Gasteiger partial charge in [-0.3, -0.25) is 4.79 Å². The highest BCUT2D eigenvalue weighted by molar-refractivity contribution is 5.98. The molecule has 1 aromatic heterocycles. The van der Waals surface area contributed by atoms with Crippen LogP contribution < -0.4 is 20.7 Å². The van der Waals surface area contributed by atoms with Gasteiger partial charge in [-0.25, -0.2) is 4.98 Å². The molecule has 0 spiro atoms. The van der Waals surface area contributed by atoms with Crippen LogP contribution in [0.4, 0.5) is 11.8 Å². The van der Waals surface area contributed by atoms with Gasteiger partial charge >= 0.3 is 0 Å². The highest BCUT2D eigenvalue weighted by atomic mass is 16.5. The van der Waals surface area contributed by atoms with Crippen LogP contribution in [-0.2, 0) is 6.54 Å². The molecule has 1 aliphatic rings. The Hall–Kier alpha value is -2.87. The van der Waals surface area contributed by atoms with Crippen molar-refractivity contribution in [1.29, 1.82) is 0 Å². The molecule has 0 saturated heterocycles. The van der Waals surface area contributed by atoms with Crippen molar-refractivity contribution in [1.82, 2.24) is 15.3 Å². The lowest BCUT2D eigenvalue weighted by Crippen LogP contribution is -2.27. The number of amides is 1. The number of hydrogen-bond donors (Lipinski definition) is 4. The van der Waals surface area contributed by atoms with E-state index in [2.05, 4.69) is 32.8 Å². The summed E-state index contributed by atoms with van der Waals surface area (Å²) >= 11 is 0. The van der Waals surface area contributed by atoms with E-state index in [1.54, 1.807) is 13.3 Å². The highest BCUT2D eigenvalue weighted by Gasteiger charge is 2.21. The van der Waals surface area contributed by atoms with Crippen molar-refractivity contribution < 1.29 is 14.6 Å². The van der Waals surface area contributed by atoms with E-state index in [4.69, 9.17) is 4.74 Å². The Morgan fingerprint density at radius 3 is 2.78 bits per heavy atom. The number of hydrogen-bond acceptors (Lipinski definition) is 7. The number of unbranched alkanes of at least 4 members (excludes halogenated alkanes) is 1. The largest absolute Gasteiger partial charge is 0.497 e. The SMILES string of the molecule is CCCCNc1ncc(C(=O)NCc2cccc(OC)c2)c(NCC2CCC(O)CC2)n1. The maximum absolute atomic E-state index is 12.9. The van der Waals surface area contributed by atoms with E-state index in [1.165, 1.54) is 0 Å². The van der Waals surface area contributed by atoms with E-state index in [9.17, 15) is 9.90 Å². The van der Waals surface area contributed by atoms with Crippen LogP contribution >= 0.6 is 0 Å². The maximum Gasteiger partial charge on any atom is 0.256 e. The molecule has 0 radical (unpaired) electrons. The minimum atomic E-state index is -0.227. The number of rotatable bonds is 11. The quantitative estimate of drug-likeness (QED) is 0.395. The Balaban J connectivity index is 1.67. The zero-order chi connectivity index (χ0) is 22.8. The summed E-state index contributed by atoms with van der Waals surface area (Å²) in [6, 6.07) is 7.61. The minimum absolute atomic E-state index is 0.183. The van der Waals surface area contributed by atoms with Gasteiger partial charge in [0.15, 0.2) is 0 Å². The van der Waals surface area contributed by atoms with Crippen molar-refractivity contribution in [3.8, 4) is 5.75 Å². The van der Waals surface area contributed by atoms with E-state index < -0.39 is 0 Å². The third-order valence-corrected chi connectivity index (χ3v) is 5.81. The molecule has 0 bridgehead atoms. The summed E-state index contributed by atoms with van der Waals surface area (Å²) in [5.74, 6) is 2.03. The number of benzene rings is 1. The molecular weight excluding hydrogens is 406 g/mol. The second kappa shape index (κ2) is 12.2. The molecular formula is C24H35N5O3. The Labute approximate surface area is 190 Å². The van der Waals surface area contributed by atoms with Crippen LogP contribution in [0.25, 0.3) is 0 Å². The molecule has 1 aromatic carbocycles. The molecule has 1 saturated carbocycles. The van der Waals surface area contributed by atoms with Gasteiger partial charge in [0.25, 0.3) is 5.91 Å². The first kappa shape index (κ1) is 23.8.